The van der Waals surface area contributed by atoms with E-state index < -0.39 is 0 Å². The van der Waals surface area contributed by atoms with Crippen LogP contribution in [0.3, 0.4) is 0 Å². The summed E-state index contributed by atoms with van der Waals surface area (Å²) in [6.45, 7) is 15.1. The van der Waals surface area contributed by atoms with Crippen molar-refractivity contribution in [1.29, 1.82) is 0 Å². The third-order valence-corrected chi connectivity index (χ3v) is 11.3. The molecule has 4 aliphatic rings. The lowest BCUT2D eigenvalue weighted by Gasteiger charge is -2.57. The molecule has 30 heavy (non-hydrogen) atoms. The second-order valence-corrected chi connectivity index (χ2v) is 12.9. The fourth-order valence-corrected chi connectivity index (χ4v) is 9.15. The van der Waals surface area contributed by atoms with Crippen LogP contribution in [0.15, 0.2) is 11.6 Å². The summed E-state index contributed by atoms with van der Waals surface area (Å²) in [6.07, 6.45) is 17.2. The third kappa shape index (κ3) is 3.74. The molecule has 4 rings (SSSR count). The van der Waals surface area contributed by atoms with Crippen LogP contribution in [-0.4, -0.2) is 11.2 Å². The van der Waals surface area contributed by atoms with Crippen molar-refractivity contribution in [3.8, 4) is 0 Å². The zero-order valence-electron chi connectivity index (χ0n) is 20.9. The van der Waals surface area contributed by atoms with Crippen LogP contribution in [0, 0.1) is 52.3 Å². The molecule has 3 saturated carbocycles. The van der Waals surface area contributed by atoms with Gasteiger partial charge in [-0.3, -0.25) is 0 Å². The molecule has 1 N–H and O–H groups in total. The molecule has 3 fully saturated rings. The standard InChI is InChI=1S/C29H50O/c1-7-21(19(2)3)9-8-20(4)25-12-13-26-24-11-10-22-18-23(30)14-16-28(22,5)27(24)15-17-29(25,26)6/h11,19-23,25-27,30H,7-10,12-18H2,1-6H3/t20?,21?,22-,23-,25+,26-,27-,28-,29+/m0/s1. The fraction of sp³-hybridized carbons (Fsp3) is 0.931. The molecule has 0 radical (unpaired) electrons. The van der Waals surface area contributed by atoms with E-state index in [9.17, 15) is 5.11 Å². The van der Waals surface area contributed by atoms with Gasteiger partial charge >= 0.3 is 0 Å². The van der Waals surface area contributed by atoms with Gasteiger partial charge in [0.2, 0.25) is 0 Å². The summed E-state index contributed by atoms with van der Waals surface area (Å²) in [5.74, 6) is 5.92. The van der Waals surface area contributed by atoms with Gasteiger partial charge in [0, 0.05) is 0 Å². The Morgan fingerprint density at radius 1 is 0.967 bits per heavy atom. The maximum Gasteiger partial charge on any atom is 0.0543 e. The molecule has 0 amide bonds. The van der Waals surface area contributed by atoms with E-state index in [1.54, 1.807) is 0 Å². The molecule has 0 spiro atoms. The second-order valence-electron chi connectivity index (χ2n) is 12.9. The average Bonchev–Trinajstić information content (AvgIpc) is 3.06. The first kappa shape index (κ1) is 22.9. The molecule has 2 unspecified atom stereocenters. The summed E-state index contributed by atoms with van der Waals surface area (Å²) in [6, 6.07) is 0. The molecule has 172 valence electrons. The van der Waals surface area contributed by atoms with Gasteiger partial charge in [-0.2, -0.15) is 0 Å². The highest BCUT2D eigenvalue weighted by atomic mass is 16.3. The van der Waals surface area contributed by atoms with E-state index in [2.05, 4.69) is 47.6 Å². The highest BCUT2D eigenvalue weighted by molar-refractivity contribution is 5.27. The Morgan fingerprint density at radius 2 is 1.67 bits per heavy atom. The van der Waals surface area contributed by atoms with Crippen molar-refractivity contribution in [1.82, 2.24) is 0 Å². The molecule has 0 bridgehead atoms. The van der Waals surface area contributed by atoms with Crippen LogP contribution in [0.25, 0.3) is 0 Å². The van der Waals surface area contributed by atoms with Gasteiger partial charge in [-0.25, -0.2) is 0 Å². The minimum Gasteiger partial charge on any atom is -0.393 e. The highest BCUT2D eigenvalue weighted by Gasteiger charge is 2.58. The zero-order chi connectivity index (χ0) is 21.7. The van der Waals surface area contributed by atoms with Crippen LogP contribution in [0.5, 0.6) is 0 Å². The molecule has 0 aliphatic heterocycles. The van der Waals surface area contributed by atoms with Crippen molar-refractivity contribution < 1.29 is 5.11 Å². The second kappa shape index (κ2) is 8.57. The van der Waals surface area contributed by atoms with Crippen LogP contribution in [-0.2, 0) is 0 Å². The van der Waals surface area contributed by atoms with E-state index in [0.717, 1.165) is 54.3 Å². The summed E-state index contributed by atoms with van der Waals surface area (Å²) in [5.41, 5.74) is 2.88. The molecule has 4 aliphatic carbocycles. The van der Waals surface area contributed by atoms with Crippen molar-refractivity contribution in [2.24, 2.45) is 52.3 Å². The smallest absolute Gasteiger partial charge is 0.0543 e. The van der Waals surface area contributed by atoms with Gasteiger partial charge in [0.05, 0.1) is 6.10 Å². The first-order valence-corrected chi connectivity index (χ1v) is 13.6. The minimum absolute atomic E-state index is 0.0404. The largest absolute Gasteiger partial charge is 0.393 e. The molecule has 0 heterocycles. The van der Waals surface area contributed by atoms with E-state index in [0.29, 0.717) is 10.8 Å². The molecule has 0 aromatic heterocycles. The van der Waals surface area contributed by atoms with Crippen LogP contribution in [0.4, 0.5) is 0 Å². The van der Waals surface area contributed by atoms with Gasteiger partial charge in [0.25, 0.3) is 0 Å². The third-order valence-electron chi connectivity index (χ3n) is 11.3. The topological polar surface area (TPSA) is 20.2 Å². The summed E-state index contributed by atoms with van der Waals surface area (Å²) in [4.78, 5) is 0. The Bertz CT molecular complexity index is 634. The van der Waals surface area contributed by atoms with E-state index in [1.165, 1.54) is 57.8 Å². The lowest BCUT2D eigenvalue weighted by molar-refractivity contribution is -0.0428. The van der Waals surface area contributed by atoms with Crippen molar-refractivity contribution in [2.45, 2.75) is 118 Å². The number of fused-ring (bicyclic) bond motifs is 5. The number of hydrogen-bond acceptors (Lipinski definition) is 1. The maximum absolute atomic E-state index is 10.3. The molecule has 1 heteroatoms. The Morgan fingerprint density at radius 3 is 2.37 bits per heavy atom. The van der Waals surface area contributed by atoms with Gasteiger partial charge in [-0.1, -0.05) is 66.0 Å². The molecule has 9 atom stereocenters. The molecule has 0 aromatic rings. The number of rotatable bonds is 6. The number of aliphatic hydroxyl groups excluding tert-OH is 1. The van der Waals surface area contributed by atoms with Gasteiger partial charge in [-0.15, -0.1) is 0 Å². The van der Waals surface area contributed by atoms with E-state index >= 15 is 0 Å². The predicted octanol–water partition coefficient (Wildman–Crippen LogP) is 8.02. The average molecular weight is 415 g/mol. The summed E-state index contributed by atoms with van der Waals surface area (Å²) in [7, 11) is 0. The molecular formula is C29H50O. The van der Waals surface area contributed by atoms with Crippen LogP contribution in [0.1, 0.15) is 112 Å². The van der Waals surface area contributed by atoms with Crippen molar-refractivity contribution in [3.63, 3.8) is 0 Å². The van der Waals surface area contributed by atoms with Crippen molar-refractivity contribution in [3.05, 3.63) is 11.6 Å². The first-order valence-electron chi connectivity index (χ1n) is 13.6. The molecule has 1 nitrogen and oxygen atoms in total. The van der Waals surface area contributed by atoms with E-state index in [4.69, 9.17) is 0 Å². The first-order chi connectivity index (χ1) is 14.2. The minimum atomic E-state index is -0.0404. The Hall–Kier alpha value is -0.300. The van der Waals surface area contributed by atoms with Crippen LogP contribution >= 0.6 is 0 Å². The maximum atomic E-state index is 10.3. The van der Waals surface area contributed by atoms with Crippen LogP contribution < -0.4 is 0 Å². The predicted molar refractivity (Wildman–Crippen MR) is 128 cm³/mol. The summed E-state index contributed by atoms with van der Waals surface area (Å²) in [5, 5.41) is 10.3. The SMILES string of the molecule is CCC(CCC(C)[C@H]1CC[C@H]2C3=CC[C@H]4C[C@@H](O)CC[C@]4(C)[C@H]3CC[C@]12C)C(C)C. The van der Waals surface area contributed by atoms with Gasteiger partial charge < -0.3 is 5.11 Å². The lowest BCUT2D eigenvalue weighted by Crippen LogP contribution is -2.49. The van der Waals surface area contributed by atoms with Crippen LogP contribution in [0.2, 0.25) is 0 Å². The Balaban J connectivity index is 1.48. The summed E-state index contributed by atoms with van der Waals surface area (Å²) >= 11 is 0. The van der Waals surface area contributed by atoms with E-state index in [-0.39, 0.29) is 6.10 Å². The quantitative estimate of drug-likeness (QED) is 0.436. The van der Waals surface area contributed by atoms with Gasteiger partial charge in [-0.05, 0) is 110 Å². The monoisotopic (exact) mass is 414 g/mol. The number of aliphatic hydroxyl groups is 1. The molecular weight excluding hydrogens is 364 g/mol. The van der Waals surface area contributed by atoms with Gasteiger partial charge in [0.1, 0.15) is 0 Å². The van der Waals surface area contributed by atoms with E-state index in [1.807, 2.05) is 5.57 Å². The summed E-state index contributed by atoms with van der Waals surface area (Å²) < 4.78 is 0. The Labute approximate surface area is 187 Å². The highest BCUT2D eigenvalue weighted by Crippen LogP contribution is 2.67. The van der Waals surface area contributed by atoms with Gasteiger partial charge in [0.15, 0.2) is 0 Å². The fourth-order valence-electron chi connectivity index (χ4n) is 9.15. The van der Waals surface area contributed by atoms with Crippen molar-refractivity contribution >= 4 is 0 Å². The lowest BCUT2D eigenvalue weighted by atomic mass is 9.47. The number of hydrogen-bond donors (Lipinski definition) is 1. The number of allylic oxidation sites excluding steroid dienone is 2. The van der Waals surface area contributed by atoms with Crippen molar-refractivity contribution in [2.75, 3.05) is 0 Å². The normalized spacial score (nSPS) is 45.3. The molecule has 0 aromatic carbocycles. The molecule has 0 saturated heterocycles. The zero-order valence-corrected chi connectivity index (χ0v) is 20.9. The Kier molecular flexibility index (Phi) is 6.53.